The lowest BCUT2D eigenvalue weighted by molar-refractivity contribution is 0.235. The zero-order valence-electron chi connectivity index (χ0n) is 10.2. The molecular formula is C13H20ClNS. The molecule has 0 aromatic heterocycles. The molecule has 16 heavy (non-hydrogen) atoms. The van der Waals surface area contributed by atoms with E-state index in [0.717, 1.165) is 17.3 Å². The first-order valence-electron chi connectivity index (χ1n) is 5.61. The Kier molecular flexibility index (Phi) is 5.67. The minimum Gasteiger partial charge on any atom is -0.299 e. The second-order valence-electron chi connectivity index (χ2n) is 4.45. The average molecular weight is 258 g/mol. The number of rotatable bonds is 5. The van der Waals surface area contributed by atoms with Crippen LogP contribution in [-0.4, -0.2) is 24.2 Å². The van der Waals surface area contributed by atoms with Crippen molar-refractivity contribution in [3.05, 3.63) is 34.9 Å². The van der Waals surface area contributed by atoms with Gasteiger partial charge in [0.15, 0.2) is 0 Å². The van der Waals surface area contributed by atoms with Crippen LogP contribution in [0.3, 0.4) is 0 Å². The maximum Gasteiger partial charge on any atom is 0.0406 e. The lowest BCUT2D eigenvalue weighted by Gasteiger charge is -2.27. The number of thiol groups is 1. The van der Waals surface area contributed by atoms with E-state index in [1.54, 1.807) is 0 Å². The van der Waals surface area contributed by atoms with E-state index in [-0.39, 0.29) is 0 Å². The Morgan fingerprint density at radius 2 is 1.81 bits per heavy atom. The maximum atomic E-state index is 5.88. The van der Waals surface area contributed by atoms with Crippen molar-refractivity contribution in [2.75, 3.05) is 19.3 Å². The summed E-state index contributed by atoms with van der Waals surface area (Å²) in [6.45, 7) is 5.50. The largest absolute Gasteiger partial charge is 0.299 e. The van der Waals surface area contributed by atoms with Gasteiger partial charge in [-0.1, -0.05) is 30.7 Å². The number of hydrogen-bond acceptors (Lipinski definition) is 2. The van der Waals surface area contributed by atoms with Crippen molar-refractivity contribution in [1.82, 2.24) is 4.90 Å². The van der Waals surface area contributed by atoms with Crippen LogP contribution in [0, 0.1) is 5.92 Å². The van der Waals surface area contributed by atoms with Crippen molar-refractivity contribution in [3.63, 3.8) is 0 Å². The van der Waals surface area contributed by atoms with Crippen LogP contribution >= 0.6 is 24.2 Å². The highest BCUT2D eigenvalue weighted by Gasteiger charge is 2.13. The molecule has 1 aromatic rings. The summed E-state index contributed by atoms with van der Waals surface area (Å²) in [6, 6.07) is 8.50. The zero-order chi connectivity index (χ0) is 12.1. The van der Waals surface area contributed by atoms with Crippen molar-refractivity contribution in [1.29, 1.82) is 0 Å². The fourth-order valence-corrected chi connectivity index (χ4v) is 1.94. The van der Waals surface area contributed by atoms with Crippen LogP contribution in [0.2, 0.25) is 5.02 Å². The van der Waals surface area contributed by atoms with Gasteiger partial charge >= 0.3 is 0 Å². The van der Waals surface area contributed by atoms with Gasteiger partial charge in [-0.05, 0) is 43.3 Å². The molecule has 2 unspecified atom stereocenters. The first kappa shape index (κ1) is 13.9. The molecule has 2 atom stereocenters. The predicted molar refractivity (Wildman–Crippen MR) is 75.5 cm³/mol. The number of hydrogen-bond donors (Lipinski definition) is 1. The summed E-state index contributed by atoms with van der Waals surface area (Å²) in [6.07, 6.45) is 0. The van der Waals surface area contributed by atoms with E-state index in [2.05, 4.69) is 50.6 Å². The molecule has 0 aliphatic heterocycles. The molecule has 0 heterocycles. The van der Waals surface area contributed by atoms with Crippen LogP contribution < -0.4 is 0 Å². The molecular weight excluding hydrogens is 238 g/mol. The summed E-state index contributed by atoms with van der Waals surface area (Å²) in [5.74, 6) is 1.54. The van der Waals surface area contributed by atoms with Gasteiger partial charge in [0.05, 0.1) is 0 Å². The molecule has 1 rings (SSSR count). The number of nitrogens with zero attached hydrogens (tertiary/aromatic N) is 1. The van der Waals surface area contributed by atoms with Gasteiger partial charge in [0.1, 0.15) is 0 Å². The Morgan fingerprint density at radius 3 is 2.31 bits per heavy atom. The monoisotopic (exact) mass is 257 g/mol. The molecule has 0 aliphatic carbocycles. The smallest absolute Gasteiger partial charge is 0.0406 e. The summed E-state index contributed by atoms with van der Waals surface area (Å²) in [5.41, 5.74) is 1.30. The van der Waals surface area contributed by atoms with E-state index >= 15 is 0 Å². The van der Waals surface area contributed by atoms with Gasteiger partial charge < -0.3 is 0 Å². The Balaban J connectivity index is 2.62. The van der Waals surface area contributed by atoms with Gasteiger partial charge in [-0.3, -0.25) is 4.90 Å². The second-order valence-corrected chi connectivity index (χ2v) is 5.26. The lowest BCUT2D eigenvalue weighted by Crippen LogP contribution is -2.28. The molecule has 0 bridgehead atoms. The molecule has 1 aromatic carbocycles. The highest BCUT2D eigenvalue weighted by atomic mass is 35.5. The molecule has 0 N–H and O–H groups in total. The highest BCUT2D eigenvalue weighted by Crippen LogP contribution is 2.21. The summed E-state index contributed by atoms with van der Waals surface area (Å²) < 4.78 is 0. The summed E-state index contributed by atoms with van der Waals surface area (Å²) in [5, 5.41) is 0.794. The minimum absolute atomic E-state index is 0.416. The van der Waals surface area contributed by atoms with E-state index in [4.69, 9.17) is 11.6 Å². The Labute approximate surface area is 109 Å². The van der Waals surface area contributed by atoms with Crippen molar-refractivity contribution in [2.24, 2.45) is 5.92 Å². The van der Waals surface area contributed by atoms with Gasteiger partial charge in [0.25, 0.3) is 0 Å². The van der Waals surface area contributed by atoms with Crippen LogP contribution in [0.15, 0.2) is 24.3 Å². The van der Waals surface area contributed by atoms with Crippen molar-refractivity contribution < 1.29 is 0 Å². The topological polar surface area (TPSA) is 3.24 Å². The second kappa shape index (κ2) is 6.53. The highest BCUT2D eigenvalue weighted by molar-refractivity contribution is 7.80. The van der Waals surface area contributed by atoms with Crippen LogP contribution in [0.4, 0.5) is 0 Å². The summed E-state index contributed by atoms with van der Waals surface area (Å²) in [7, 11) is 2.15. The van der Waals surface area contributed by atoms with E-state index in [0.29, 0.717) is 12.0 Å². The van der Waals surface area contributed by atoms with E-state index in [9.17, 15) is 0 Å². The lowest BCUT2D eigenvalue weighted by atomic mass is 10.1. The third-order valence-corrected chi connectivity index (χ3v) is 3.80. The molecule has 0 aliphatic rings. The minimum atomic E-state index is 0.416. The normalized spacial score (nSPS) is 15.1. The van der Waals surface area contributed by atoms with Crippen LogP contribution in [0.5, 0.6) is 0 Å². The maximum absolute atomic E-state index is 5.88. The predicted octanol–water partition coefficient (Wildman–Crippen LogP) is 3.90. The Bertz CT molecular complexity index is 312. The van der Waals surface area contributed by atoms with Crippen molar-refractivity contribution in [2.45, 2.75) is 19.9 Å². The quantitative estimate of drug-likeness (QED) is 0.783. The van der Waals surface area contributed by atoms with E-state index in [1.807, 2.05) is 12.1 Å². The molecule has 0 saturated carbocycles. The van der Waals surface area contributed by atoms with Gasteiger partial charge in [-0.25, -0.2) is 0 Å². The SMILES string of the molecule is CC(CS)CN(C)C(C)c1ccc(Cl)cc1. The van der Waals surface area contributed by atoms with Gasteiger partial charge in [-0.2, -0.15) is 12.6 Å². The molecule has 0 radical (unpaired) electrons. The fraction of sp³-hybridized carbons (Fsp3) is 0.538. The number of halogens is 1. The molecule has 0 amide bonds. The standard InChI is InChI=1S/C13H20ClNS/c1-10(9-16)8-15(3)11(2)12-4-6-13(14)7-5-12/h4-7,10-11,16H,8-9H2,1-3H3. The third-order valence-electron chi connectivity index (χ3n) is 2.92. The van der Waals surface area contributed by atoms with Crippen LogP contribution in [-0.2, 0) is 0 Å². The summed E-state index contributed by atoms with van der Waals surface area (Å²) in [4.78, 5) is 2.35. The van der Waals surface area contributed by atoms with Gasteiger partial charge in [0.2, 0.25) is 0 Å². The molecule has 1 nitrogen and oxygen atoms in total. The van der Waals surface area contributed by atoms with E-state index < -0.39 is 0 Å². The zero-order valence-corrected chi connectivity index (χ0v) is 11.8. The average Bonchev–Trinajstić information content (AvgIpc) is 2.28. The van der Waals surface area contributed by atoms with Gasteiger partial charge in [0, 0.05) is 17.6 Å². The third kappa shape index (κ3) is 4.00. The molecule has 3 heteroatoms. The fourth-order valence-electron chi connectivity index (χ4n) is 1.70. The number of benzene rings is 1. The Morgan fingerprint density at radius 1 is 1.25 bits per heavy atom. The van der Waals surface area contributed by atoms with Crippen LogP contribution in [0.25, 0.3) is 0 Å². The van der Waals surface area contributed by atoms with Crippen LogP contribution in [0.1, 0.15) is 25.5 Å². The van der Waals surface area contributed by atoms with E-state index in [1.165, 1.54) is 5.56 Å². The first-order valence-corrected chi connectivity index (χ1v) is 6.62. The van der Waals surface area contributed by atoms with Crippen molar-refractivity contribution in [3.8, 4) is 0 Å². The van der Waals surface area contributed by atoms with Crippen molar-refractivity contribution >= 4 is 24.2 Å². The first-order chi connectivity index (χ1) is 7.54. The molecule has 90 valence electrons. The molecule has 0 fully saturated rings. The molecule has 0 saturated heterocycles. The molecule has 0 spiro atoms. The summed E-state index contributed by atoms with van der Waals surface area (Å²) >= 11 is 10.2. The van der Waals surface area contributed by atoms with Gasteiger partial charge in [-0.15, -0.1) is 0 Å². The Hall–Kier alpha value is -0.180.